The normalized spacial score (nSPS) is 31.1. The Morgan fingerprint density at radius 2 is 2.00 bits per heavy atom. The van der Waals surface area contributed by atoms with Gasteiger partial charge in [0.05, 0.1) is 24.7 Å². The van der Waals surface area contributed by atoms with Crippen LogP contribution in [0.15, 0.2) is 0 Å². The molecule has 0 N–H and O–H groups in total. The Labute approximate surface area is 103 Å². The van der Waals surface area contributed by atoms with Gasteiger partial charge in [0.1, 0.15) is 6.10 Å². The summed E-state index contributed by atoms with van der Waals surface area (Å²) in [5.74, 6) is 0. The summed E-state index contributed by atoms with van der Waals surface area (Å²) >= 11 is 5.86. The van der Waals surface area contributed by atoms with Crippen LogP contribution in [-0.4, -0.2) is 50.2 Å². The smallest absolute Gasteiger partial charge is 0.382 e. The van der Waals surface area contributed by atoms with Crippen LogP contribution in [-0.2, 0) is 14.2 Å². The summed E-state index contributed by atoms with van der Waals surface area (Å²) in [7, 11) is 1.52. The van der Waals surface area contributed by atoms with Gasteiger partial charge < -0.3 is 14.2 Å². The summed E-state index contributed by atoms with van der Waals surface area (Å²) in [6.45, 7) is 1.65. The highest BCUT2D eigenvalue weighted by atomic mass is 35.5. The van der Waals surface area contributed by atoms with Crippen molar-refractivity contribution < 1.29 is 27.4 Å². The highest BCUT2D eigenvalue weighted by Crippen LogP contribution is 2.35. The summed E-state index contributed by atoms with van der Waals surface area (Å²) in [4.78, 5) is 0. The molecule has 4 unspecified atom stereocenters. The van der Waals surface area contributed by atoms with Gasteiger partial charge in [-0.3, -0.25) is 0 Å². The summed E-state index contributed by atoms with van der Waals surface area (Å²) < 4.78 is 51.8. The first-order chi connectivity index (χ1) is 7.86. The summed E-state index contributed by atoms with van der Waals surface area (Å²) in [6.07, 6.45) is -6.86. The molecule has 17 heavy (non-hydrogen) atoms. The summed E-state index contributed by atoms with van der Waals surface area (Å²) in [5.41, 5.74) is 0. The zero-order valence-corrected chi connectivity index (χ0v) is 10.4. The molecule has 102 valence electrons. The van der Waals surface area contributed by atoms with Crippen molar-refractivity contribution in [1.29, 1.82) is 0 Å². The van der Waals surface area contributed by atoms with Gasteiger partial charge in [0, 0.05) is 7.11 Å². The molecule has 1 rings (SSSR count). The molecule has 0 aromatic carbocycles. The van der Waals surface area contributed by atoms with Crippen LogP contribution in [0, 0.1) is 0 Å². The third-order valence-electron chi connectivity index (χ3n) is 2.62. The molecular weight excluding hydrogens is 261 g/mol. The summed E-state index contributed by atoms with van der Waals surface area (Å²) in [5, 5.41) is -0.294. The molecule has 0 aliphatic heterocycles. The van der Waals surface area contributed by atoms with Crippen molar-refractivity contribution in [2.45, 2.75) is 43.2 Å². The van der Waals surface area contributed by atoms with Crippen molar-refractivity contribution in [3.8, 4) is 0 Å². The summed E-state index contributed by atoms with van der Waals surface area (Å²) in [6, 6.07) is 0. The Morgan fingerprint density at radius 1 is 1.35 bits per heavy atom. The Bertz CT molecular complexity index is 237. The van der Waals surface area contributed by atoms with Gasteiger partial charge >= 0.3 is 6.18 Å². The van der Waals surface area contributed by atoms with E-state index < -0.39 is 24.5 Å². The molecule has 0 bridgehead atoms. The number of hydrogen-bond acceptors (Lipinski definition) is 3. The van der Waals surface area contributed by atoms with Gasteiger partial charge in [0.15, 0.2) is 6.10 Å². The van der Waals surface area contributed by atoms with Gasteiger partial charge in [0.25, 0.3) is 0 Å². The molecule has 1 aliphatic rings. The number of alkyl halides is 4. The van der Waals surface area contributed by atoms with Gasteiger partial charge in [-0.05, 0) is 13.3 Å². The highest BCUT2D eigenvalue weighted by Gasteiger charge is 2.46. The number of rotatable bonds is 6. The van der Waals surface area contributed by atoms with E-state index in [1.165, 1.54) is 7.11 Å². The van der Waals surface area contributed by atoms with Crippen molar-refractivity contribution >= 4 is 11.6 Å². The van der Waals surface area contributed by atoms with Crippen LogP contribution in [0.2, 0.25) is 0 Å². The van der Waals surface area contributed by atoms with Crippen molar-refractivity contribution in [3.05, 3.63) is 0 Å². The molecule has 0 amide bonds. The predicted molar refractivity (Wildman–Crippen MR) is 56.3 cm³/mol. The minimum absolute atomic E-state index is 0.294. The highest BCUT2D eigenvalue weighted by molar-refractivity contribution is 6.21. The third-order valence-corrected chi connectivity index (χ3v) is 3.04. The molecule has 0 radical (unpaired) electrons. The van der Waals surface area contributed by atoms with Gasteiger partial charge in [0.2, 0.25) is 0 Å². The fourth-order valence-electron chi connectivity index (χ4n) is 1.48. The lowest BCUT2D eigenvalue weighted by molar-refractivity contribution is -0.251. The molecule has 0 saturated heterocycles. The molecule has 1 aliphatic carbocycles. The number of methoxy groups -OCH3 is 1. The van der Waals surface area contributed by atoms with E-state index in [0.717, 1.165) is 6.92 Å². The quantitative estimate of drug-likeness (QED) is 0.551. The average molecular weight is 277 g/mol. The average Bonchev–Trinajstić information content (AvgIpc) is 2.22. The third kappa shape index (κ3) is 4.28. The molecule has 4 atom stereocenters. The largest absolute Gasteiger partial charge is 0.414 e. The van der Waals surface area contributed by atoms with Gasteiger partial charge in [-0.2, -0.15) is 13.2 Å². The van der Waals surface area contributed by atoms with Gasteiger partial charge in [-0.1, -0.05) is 0 Å². The SMILES string of the molecule is COCCOC1C(Cl)CC1OC(C)C(F)(F)F. The van der Waals surface area contributed by atoms with Crippen LogP contribution in [0.3, 0.4) is 0 Å². The second-order valence-electron chi connectivity index (χ2n) is 3.94. The number of hydrogen-bond donors (Lipinski definition) is 0. The molecule has 3 nitrogen and oxygen atoms in total. The fraction of sp³-hybridized carbons (Fsp3) is 1.00. The maximum absolute atomic E-state index is 12.3. The van der Waals surface area contributed by atoms with Crippen LogP contribution in [0.5, 0.6) is 0 Å². The maximum Gasteiger partial charge on any atom is 0.414 e. The number of halogens is 4. The maximum atomic E-state index is 12.3. The van der Waals surface area contributed by atoms with Crippen molar-refractivity contribution in [3.63, 3.8) is 0 Å². The molecule has 0 aromatic rings. The first-order valence-corrected chi connectivity index (χ1v) is 5.76. The Morgan fingerprint density at radius 3 is 2.47 bits per heavy atom. The zero-order valence-electron chi connectivity index (χ0n) is 9.67. The van der Waals surface area contributed by atoms with Gasteiger partial charge in [-0.25, -0.2) is 0 Å². The van der Waals surface area contributed by atoms with E-state index in [1.807, 2.05) is 0 Å². The van der Waals surface area contributed by atoms with E-state index in [0.29, 0.717) is 19.6 Å². The van der Waals surface area contributed by atoms with Crippen LogP contribution in [0.1, 0.15) is 13.3 Å². The molecule has 0 spiro atoms. The van der Waals surface area contributed by atoms with E-state index >= 15 is 0 Å². The van der Waals surface area contributed by atoms with Crippen molar-refractivity contribution in [2.75, 3.05) is 20.3 Å². The molecule has 0 heterocycles. The monoisotopic (exact) mass is 276 g/mol. The zero-order chi connectivity index (χ0) is 13.1. The Balaban J connectivity index is 2.34. The lowest BCUT2D eigenvalue weighted by Crippen LogP contribution is -2.53. The van der Waals surface area contributed by atoms with E-state index in [-0.39, 0.29) is 5.38 Å². The predicted octanol–water partition coefficient (Wildman–Crippen LogP) is 2.37. The lowest BCUT2D eigenvalue weighted by Gasteiger charge is -2.41. The van der Waals surface area contributed by atoms with E-state index in [1.54, 1.807) is 0 Å². The van der Waals surface area contributed by atoms with Crippen molar-refractivity contribution in [1.82, 2.24) is 0 Å². The fourth-order valence-corrected chi connectivity index (χ4v) is 1.89. The van der Waals surface area contributed by atoms with Crippen LogP contribution < -0.4 is 0 Å². The first kappa shape index (κ1) is 15.0. The van der Waals surface area contributed by atoms with Crippen LogP contribution in [0.25, 0.3) is 0 Å². The first-order valence-electron chi connectivity index (χ1n) is 5.33. The van der Waals surface area contributed by atoms with E-state index in [9.17, 15) is 13.2 Å². The minimum atomic E-state index is -4.35. The van der Waals surface area contributed by atoms with E-state index in [2.05, 4.69) is 0 Å². The van der Waals surface area contributed by atoms with Crippen LogP contribution in [0.4, 0.5) is 13.2 Å². The molecule has 1 fully saturated rings. The molecule has 1 saturated carbocycles. The Kier molecular flexibility index (Phi) is 5.50. The molecule has 0 aromatic heterocycles. The molecule has 7 heteroatoms. The van der Waals surface area contributed by atoms with E-state index in [4.69, 9.17) is 25.8 Å². The van der Waals surface area contributed by atoms with Gasteiger partial charge in [-0.15, -0.1) is 11.6 Å². The number of ether oxygens (including phenoxy) is 3. The molecular formula is C10H16ClF3O3. The minimum Gasteiger partial charge on any atom is -0.382 e. The second kappa shape index (κ2) is 6.22. The Hall–Kier alpha value is -0.0400. The van der Waals surface area contributed by atoms with Crippen molar-refractivity contribution in [2.24, 2.45) is 0 Å². The second-order valence-corrected chi connectivity index (χ2v) is 4.50. The van der Waals surface area contributed by atoms with Crippen LogP contribution >= 0.6 is 11.6 Å². The topological polar surface area (TPSA) is 27.7 Å². The lowest BCUT2D eigenvalue weighted by atomic mass is 9.90. The standard InChI is InChI=1S/C10H16ClF3O3/c1-6(10(12,13)14)17-8-5-7(11)9(8)16-4-3-15-2/h6-9H,3-5H2,1-2H3.